The number of halogens is 1. The van der Waals surface area contributed by atoms with Crippen LogP contribution in [0.25, 0.3) is 0 Å². The molecule has 1 aromatic heterocycles. The molecule has 3 rings (SSSR count). The van der Waals surface area contributed by atoms with E-state index >= 15 is 0 Å². The van der Waals surface area contributed by atoms with Crippen molar-refractivity contribution in [1.82, 2.24) is 4.98 Å². The molecule has 0 fully saturated rings. The Morgan fingerprint density at radius 3 is 2.70 bits per heavy atom. The van der Waals surface area contributed by atoms with E-state index in [1.54, 1.807) is 6.07 Å². The lowest BCUT2D eigenvalue weighted by Gasteiger charge is -2.09. The van der Waals surface area contributed by atoms with Gasteiger partial charge in [0.25, 0.3) is 10.0 Å². The number of anilines is 1. The second kappa shape index (κ2) is 5.07. The summed E-state index contributed by atoms with van der Waals surface area (Å²) in [6.45, 7) is 0. The minimum atomic E-state index is -3.63. The standard InChI is InChI=1S/C14H13ClN2O2S/c15-14-9-13(6-7-16-14)20(18,19)17-12-5-4-10-2-1-3-11(10)8-12/h4-9,17H,1-3H2. The van der Waals surface area contributed by atoms with Crippen LogP contribution in [-0.4, -0.2) is 13.4 Å². The fourth-order valence-corrected chi connectivity index (χ4v) is 3.70. The molecule has 0 saturated heterocycles. The van der Waals surface area contributed by atoms with E-state index in [-0.39, 0.29) is 10.0 Å². The molecule has 20 heavy (non-hydrogen) atoms. The molecule has 0 bridgehead atoms. The van der Waals surface area contributed by atoms with Gasteiger partial charge in [0.15, 0.2) is 0 Å². The summed E-state index contributed by atoms with van der Waals surface area (Å²) in [5, 5.41) is 0.154. The molecule has 0 unspecified atom stereocenters. The molecule has 1 heterocycles. The number of aryl methyl sites for hydroxylation is 2. The van der Waals surface area contributed by atoms with Gasteiger partial charge in [0.1, 0.15) is 5.15 Å². The van der Waals surface area contributed by atoms with E-state index in [4.69, 9.17) is 11.6 Å². The van der Waals surface area contributed by atoms with E-state index in [0.717, 1.165) is 19.3 Å². The van der Waals surface area contributed by atoms with Crippen LogP contribution in [0.4, 0.5) is 5.69 Å². The summed E-state index contributed by atoms with van der Waals surface area (Å²) in [5.41, 5.74) is 3.11. The number of nitrogens with one attached hydrogen (secondary N) is 1. The van der Waals surface area contributed by atoms with E-state index < -0.39 is 10.0 Å². The molecule has 0 saturated carbocycles. The molecule has 1 N–H and O–H groups in total. The van der Waals surface area contributed by atoms with Crippen molar-refractivity contribution in [3.8, 4) is 0 Å². The number of nitrogens with zero attached hydrogens (tertiary/aromatic N) is 1. The summed E-state index contributed by atoms with van der Waals surface area (Å²) in [6.07, 6.45) is 4.58. The predicted molar refractivity (Wildman–Crippen MR) is 78.5 cm³/mol. The average Bonchev–Trinajstić information content (AvgIpc) is 2.85. The topological polar surface area (TPSA) is 59.1 Å². The zero-order chi connectivity index (χ0) is 14.2. The van der Waals surface area contributed by atoms with Crippen molar-refractivity contribution in [3.63, 3.8) is 0 Å². The molecule has 1 aliphatic rings. The van der Waals surface area contributed by atoms with Crippen LogP contribution < -0.4 is 4.72 Å². The molecule has 0 spiro atoms. The van der Waals surface area contributed by atoms with Crippen LogP contribution in [0, 0.1) is 0 Å². The summed E-state index contributed by atoms with van der Waals surface area (Å²) in [5.74, 6) is 0. The van der Waals surface area contributed by atoms with Gasteiger partial charge in [-0.15, -0.1) is 0 Å². The molecule has 6 heteroatoms. The van der Waals surface area contributed by atoms with Crippen molar-refractivity contribution in [1.29, 1.82) is 0 Å². The number of fused-ring (bicyclic) bond motifs is 1. The average molecular weight is 309 g/mol. The highest BCUT2D eigenvalue weighted by molar-refractivity contribution is 7.92. The number of benzene rings is 1. The first-order valence-corrected chi connectivity index (χ1v) is 8.17. The van der Waals surface area contributed by atoms with Crippen LogP contribution >= 0.6 is 11.6 Å². The first-order chi connectivity index (χ1) is 9.54. The second-order valence-corrected chi connectivity index (χ2v) is 6.83. The van der Waals surface area contributed by atoms with Gasteiger partial charge in [0.05, 0.1) is 4.90 Å². The Hall–Kier alpha value is -1.59. The summed E-state index contributed by atoms with van der Waals surface area (Å²) in [6, 6.07) is 8.44. The van der Waals surface area contributed by atoms with E-state index in [1.807, 2.05) is 12.1 Å². The predicted octanol–water partition coefficient (Wildman–Crippen LogP) is 3.02. The molecule has 1 aliphatic carbocycles. The lowest BCUT2D eigenvalue weighted by Crippen LogP contribution is -2.13. The Bertz CT molecular complexity index is 760. The first-order valence-electron chi connectivity index (χ1n) is 6.31. The zero-order valence-electron chi connectivity index (χ0n) is 10.6. The number of pyridine rings is 1. The molecule has 0 radical (unpaired) electrons. The van der Waals surface area contributed by atoms with Gasteiger partial charge in [-0.1, -0.05) is 17.7 Å². The van der Waals surface area contributed by atoms with Gasteiger partial charge in [-0.3, -0.25) is 4.72 Å². The van der Waals surface area contributed by atoms with Crippen LogP contribution in [0.1, 0.15) is 17.5 Å². The van der Waals surface area contributed by atoms with Crippen LogP contribution in [0.2, 0.25) is 5.15 Å². The second-order valence-electron chi connectivity index (χ2n) is 4.76. The number of hydrogen-bond acceptors (Lipinski definition) is 3. The number of sulfonamides is 1. The van der Waals surface area contributed by atoms with Gasteiger partial charge in [0.2, 0.25) is 0 Å². The number of rotatable bonds is 3. The first kappa shape index (κ1) is 13.4. The molecule has 0 amide bonds. The molecular weight excluding hydrogens is 296 g/mol. The molecule has 4 nitrogen and oxygen atoms in total. The van der Waals surface area contributed by atoms with E-state index in [0.29, 0.717) is 5.69 Å². The lowest BCUT2D eigenvalue weighted by molar-refractivity contribution is 0.601. The summed E-state index contributed by atoms with van der Waals surface area (Å²) in [7, 11) is -3.63. The highest BCUT2D eigenvalue weighted by Crippen LogP contribution is 2.26. The Morgan fingerprint density at radius 1 is 1.10 bits per heavy atom. The smallest absolute Gasteiger partial charge is 0.262 e. The summed E-state index contributed by atoms with van der Waals surface area (Å²) in [4.78, 5) is 3.89. The number of hydrogen-bond donors (Lipinski definition) is 1. The highest BCUT2D eigenvalue weighted by Gasteiger charge is 2.17. The molecular formula is C14H13ClN2O2S. The van der Waals surface area contributed by atoms with Crippen molar-refractivity contribution in [2.75, 3.05) is 4.72 Å². The lowest BCUT2D eigenvalue weighted by atomic mass is 10.1. The monoisotopic (exact) mass is 308 g/mol. The van der Waals surface area contributed by atoms with Gasteiger partial charge in [-0.05, 0) is 54.7 Å². The van der Waals surface area contributed by atoms with Gasteiger partial charge >= 0.3 is 0 Å². The van der Waals surface area contributed by atoms with Gasteiger partial charge < -0.3 is 0 Å². The molecule has 0 aliphatic heterocycles. The Morgan fingerprint density at radius 2 is 1.90 bits per heavy atom. The molecule has 1 aromatic carbocycles. The fourth-order valence-electron chi connectivity index (χ4n) is 2.40. The Balaban J connectivity index is 1.90. The van der Waals surface area contributed by atoms with Crippen molar-refractivity contribution in [2.24, 2.45) is 0 Å². The van der Waals surface area contributed by atoms with E-state index in [2.05, 4.69) is 9.71 Å². The van der Waals surface area contributed by atoms with E-state index in [1.165, 1.54) is 29.5 Å². The third kappa shape index (κ3) is 2.64. The minimum Gasteiger partial charge on any atom is -0.280 e. The molecule has 2 aromatic rings. The van der Waals surface area contributed by atoms with Crippen LogP contribution in [-0.2, 0) is 22.9 Å². The maximum absolute atomic E-state index is 12.3. The van der Waals surface area contributed by atoms with Crippen molar-refractivity contribution < 1.29 is 8.42 Å². The maximum Gasteiger partial charge on any atom is 0.262 e. The SMILES string of the molecule is O=S(=O)(Nc1ccc2c(c1)CCC2)c1ccnc(Cl)c1. The van der Waals surface area contributed by atoms with Crippen molar-refractivity contribution in [2.45, 2.75) is 24.2 Å². The van der Waals surface area contributed by atoms with Crippen LogP contribution in [0.5, 0.6) is 0 Å². The fraction of sp³-hybridized carbons (Fsp3) is 0.214. The van der Waals surface area contributed by atoms with Gasteiger partial charge in [-0.25, -0.2) is 13.4 Å². The molecule has 104 valence electrons. The summed E-state index contributed by atoms with van der Waals surface area (Å²) < 4.78 is 27.1. The minimum absolute atomic E-state index is 0.109. The summed E-state index contributed by atoms with van der Waals surface area (Å²) >= 11 is 5.73. The quantitative estimate of drug-likeness (QED) is 0.887. The zero-order valence-corrected chi connectivity index (χ0v) is 12.2. The van der Waals surface area contributed by atoms with Crippen LogP contribution in [0.15, 0.2) is 41.4 Å². The number of aromatic nitrogens is 1. The highest BCUT2D eigenvalue weighted by atomic mass is 35.5. The van der Waals surface area contributed by atoms with Gasteiger partial charge in [-0.2, -0.15) is 0 Å². The van der Waals surface area contributed by atoms with E-state index in [9.17, 15) is 8.42 Å². The normalized spacial score (nSPS) is 14.1. The van der Waals surface area contributed by atoms with Crippen molar-refractivity contribution in [3.05, 3.63) is 52.8 Å². The van der Waals surface area contributed by atoms with Crippen LogP contribution in [0.3, 0.4) is 0 Å². The Labute approximate surface area is 122 Å². The molecule has 0 atom stereocenters. The van der Waals surface area contributed by atoms with Crippen molar-refractivity contribution >= 4 is 27.3 Å². The largest absolute Gasteiger partial charge is 0.280 e. The Kier molecular flexibility index (Phi) is 3.40. The third-order valence-electron chi connectivity index (χ3n) is 3.36. The van der Waals surface area contributed by atoms with Gasteiger partial charge in [0, 0.05) is 11.9 Å². The maximum atomic E-state index is 12.3. The third-order valence-corrected chi connectivity index (χ3v) is 4.94.